The molecule has 0 saturated heterocycles. The summed E-state index contributed by atoms with van der Waals surface area (Å²) in [6.45, 7) is 0. The Hall–Kier alpha value is -1.74. The van der Waals surface area contributed by atoms with Crippen LogP contribution in [-0.4, -0.2) is 14.9 Å². The molecule has 1 aliphatic heterocycles. The minimum Gasteiger partial charge on any atom is -0.289 e. The average Bonchev–Trinajstić information content (AvgIpc) is 2.81. The molecule has 1 aromatic carbocycles. The Labute approximate surface area is 124 Å². The first-order valence-corrected chi connectivity index (χ1v) is 6.74. The zero-order valence-corrected chi connectivity index (χ0v) is 11.5. The fourth-order valence-electron chi connectivity index (χ4n) is 1.72. The van der Waals surface area contributed by atoms with Crippen molar-refractivity contribution in [2.45, 2.75) is 10.5 Å². The van der Waals surface area contributed by atoms with Gasteiger partial charge in [-0.3, -0.25) is 5.43 Å². The molecule has 2 heterocycles. The maximum absolute atomic E-state index is 13.7. The van der Waals surface area contributed by atoms with Crippen molar-refractivity contribution in [1.82, 2.24) is 14.9 Å². The summed E-state index contributed by atoms with van der Waals surface area (Å²) in [5.74, 6) is -2.39. The predicted octanol–water partition coefficient (Wildman–Crippen LogP) is 3.49. The molecule has 1 aliphatic rings. The van der Waals surface area contributed by atoms with Gasteiger partial charge in [0, 0.05) is 17.0 Å². The molecule has 110 valence electrons. The van der Waals surface area contributed by atoms with Crippen LogP contribution in [0, 0.1) is 11.6 Å². The molecule has 0 atom stereocenters. The summed E-state index contributed by atoms with van der Waals surface area (Å²) in [4.78, 5) is 0. The lowest BCUT2D eigenvalue weighted by Crippen LogP contribution is -2.24. The van der Waals surface area contributed by atoms with Crippen LogP contribution >= 0.6 is 23.4 Å². The number of benzene rings is 1. The Morgan fingerprint density at radius 1 is 1.24 bits per heavy atom. The Balaban J connectivity index is 1.99. The van der Waals surface area contributed by atoms with Crippen molar-refractivity contribution in [1.29, 1.82) is 0 Å². The van der Waals surface area contributed by atoms with Gasteiger partial charge in [0.25, 0.3) is 0 Å². The fraction of sp³-hybridized carbons (Fsp3) is 0.0909. The zero-order valence-electron chi connectivity index (χ0n) is 9.95. The smallest absolute Gasteiger partial charge is 0.289 e. The van der Waals surface area contributed by atoms with Gasteiger partial charge in [0.1, 0.15) is 11.6 Å². The second-order valence-electron chi connectivity index (χ2n) is 4.02. The highest BCUT2D eigenvalue weighted by Crippen LogP contribution is 2.36. The van der Waals surface area contributed by atoms with Crippen molar-refractivity contribution in [2.24, 2.45) is 0 Å². The van der Waals surface area contributed by atoms with E-state index in [9.17, 15) is 17.6 Å². The highest BCUT2D eigenvalue weighted by Gasteiger charge is 2.37. The van der Waals surface area contributed by atoms with E-state index in [1.807, 2.05) is 0 Å². The van der Waals surface area contributed by atoms with E-state index in [1.165, 1.54) is 11.5 Å². The topological polar surface area (TPSA) is 42.7 Å². The normalized spacial score (nSPS) is 14.4. The van der Waals surface area contributed by atoms with Crippen molar-refractivity contribution >= 4 is 29.1 Å². The molecule has 0 bridgehead atoms. The highest BCUT2D eigenvalue weighted by atomic mass is 35.5. The SMILES string of the molecule is Fc1ccc(C2=CSc3nnc(C(F)(F)Cl)n3N2)c(F)c1. The van der Waals surface area contributed by atoms with E-state index in [1.54, 1.807) is 0 Å². The van der Waals surface area contributed by atoms with E-state index >= 15 is 0 Å². The molecule has 0 saturated carbocycles. The van der Waals surface area contributed by atoms with Crippen LogP contribution in [0.3, 0.4) is 0 Å². The first kappa shape index (κ1) is 14.2. The van der Waals surface area contributed by atoms with Gasteiger partial charge in [0.2, 0.25) is 11.0 Å². The molecule has 4 nitrogen and oxygen atoms in total. The lowest BCUT2D eigenvalue weighted by molar-refractivity contribution is 0.0809. The number of nitrogens with zero attached hydrogens (tertiary/aromatic N) is 3. The lowest BCUT2D eigenvalue weighted by atomic mass is 10.1. The summed E-state index contributed by atoms with van der Waals surface area (Å²) in [5.41, 5.74) is 2.71. The van der Waals surface area contributed by atoms with Gasteiger partial charge in [-0.1, -0.05) is 11.8 Å². The van der Waals surface area contributed by atoms with Gasteiger partial charge < -0.3 is 0 Å². The van der Waals surface area contributed by atoms with Crippen LogP contribution in [0.5, 0.6) is 0 Å². The first-order valence-electron chi connectivity index (χ1n) is 5.48. The quantitative estimate of drug-likeness (QED) is 0.673. The van der Waals surface area contributed by atoms with Crippen LogP contribution in [0.1, 0.15) is 11.4 Å². The van der Waals surface area contributed by atoms with Crippen LogP contribution in [0.4, 0.5) is 17.6 Å². The third-order valence-corrected chi connectivity index (χ3v) is 3.62. The predicted molar refractivity (Wildman–Crippen MR) is 69.3 cm³/mol. The lowest BCUT2D eigenvalue weighted by Gasteiger charge is -2.20. The van der Waals surface area contributed by atoms with Crippen LogP contribution in [0.15, 0.2) is 28.8 Å². The third-order valence-electron chi connectivity index (χ3n) is 2.62. The van der Waals surface area contributed by atoms with E-state index in [4.69, 9.17) is 11.6 Å². The number of hydrogen-bond donors (Lipinski definition) is 1. The van der Waals surface area contributed by atoms with Gasteiger partial charge in [-0.05, 0) is 23.7 Å². The molecule has 0 aliphatic carbocycles. The number of fused-ring (bicyclic) bond motifs is 1. The molecule has 3 rings (SSSR count). The van der Waals surface area contributed by atoms with Crippen molar-refractivity contribution in [3.63, 3.8) is 0 Å². The molecule has 0 fully saturated rings. The van der Waals surface area contributed by atoms with Gasteiger partial charge in [0.15, 0.2) is 0 Å². The number of hydrogen-bond acceptors (Lipinski definition) is 4. The molecule has 0 unspecified atom stereocenters. The van der Waals surface area contributed by atoms with Crippen LogP contribution in [-0.2, 0) is 5.38 Å². The number of thioether (sulfide) groups is 1. The second kappa shape index (κ2) is 4.92. The third kappa shape index (κ3) is 2.58. The molecule has 0 amide bonds. The van der Waals surface area contributed by atoms with Crippen molar-refractivity contribution in [3.8, 4) is 0 Å². The zero-order chi connectivity index (χ0) is 15.2. The van der Waals surface area contributed by atoms with Gasteiger partial charge in [-0.25, -0.2) is 13.5 Å². The number of nitrogens with one attached hydrogen (secondary N) is 1. The van der Waals surface area contributed by atoms with Crippen LogP contribution in [0.2, 0.25) is 0 Å². The minimum atomic E-state index is -3.73. The summed E-state index contributed by atoms with van der Waals surface area (Å²) in [6.07, 6.45) is 0. The average molecular weight is 337 g/mol. The van der Waals surface area contributed by atoms with Crippen molar-refractivity contribution < 1.29 is 17.6 Å². The van der Waals surface area contributed by atoms with E-state index in [0.717, 1.165) is 22.5 Å². The van der Waals surface area contributed by atoms with Gasteiger partial charge in [-0.15, -0.1) is 10.2 Å². The van der Waals surface area contributed by atoms with E-state index in [-0.39, 0.29) is 16.4 Å². The van der Waals surface area contributed by atoms with E-state index < -0.39 is 22.8 Å². The first-order chi connectivity index (χ1) is 9.86. The second-order valence-corrected chi connectivity index (χ2v) is 5.34. The molecule has 0 radical (unpaired) electrons. The van der Waals surface area contributed by atoms with E-state index in [0.29, 0.717) is 6.07 Å². The Bertz CT molecular complexity index is 740. The minimum absolute atomic E-state index is 0.0205. The Kier molecular flexibility index (Phi) is 3.33. The molecule has 0 spiro atoms. The monoisotopic (exact) mass is 336 g/mol. The summed E-state index contributed by atoms with van der Waals surface area (Å²) in [6, 6.07) is 2.95. The largest absolute Gasteiger partial charge is 0.383 e. The molecule has 1 N–H and O–H groups in total. The molecule has 2 aromatic rings. The fourth-order valence-corrected chi connectivity index (χ4v) is 2.57. The van der Waals surface area contributed by atoms with E-state index in [2.05, 4.69) is 15.6 Å². The van der Waals surface area contributed by atoms with Crippen molar-refractivity contribution in [3.05, 3.63) is 46.6 Å². The number of alkyl halides is 3. The van der Waals surface area contributed by atoms with Crippen LogP contribution in [0.25, 0.3) is 5.70 Å². The number of rotatable bonds is 2. The molecule has 21 heavy (non-hydrogen) atoms. The number of halogens is 5. The molecule has 10 heteroatoms. The summed E-state index contributed by atoms with van der Waals surface area (Å²) < 4.78 is 53.9. The molecule has 1 aromatic heterocycles. The Morgan fingerprint density at radius 3 is 2.67 bits per heavy atom. The maximum atomic E-state index is 13.7. The van der Waals surface area contributed by atoms with Crippen molar-refractivity contribution in [2.75, 3.05) is 5.43 Å². The number of aromatic nitrogens is 3. The van der Waals surface area contributed by atoms with Gasteiger partial charge >= 0.3 is 5.38 Å². The van der Waals surface area contributed by atoms with Crippen LogP contribution < -0.4 is 5.43 Å². The summed E-state index contributed by atoms with van der Waals surface area (Å²) >= 11 is 5.89. The molecular formula is C11H5ClF4N4S. The van der Waals surface area contributed by atoms with Gasteiger partial charge in [0.05, 0.1) is 5.70 Å². The summed E-state index contributed by atoms with van der Waals surface area (Å²) in [7, 11) is 0. The standard InChI is InChI=1S/C11H5ClF4N4S/c12-11(15,16)9-17-18-10-20(9)19-8(4-21-10)6-2-1-5(13)3-7(6)14/h1-4,19H. The Morgan fingerprint density at radius 2 is 2.00 bits per heavy atom. The summed E-state index contributed by atoms with van der Waals surface area (Å²) in [5, 5.41) is 4.68. The molecular weight excluding hydrogens is 332 g/mol. The maximum Gasteiger partial charge on any atom is 0.383 e. The highest BCUT2D eigenvalue weighted by molar-refractivity contribution is 8.02. The van der Waals surface area contributed by atoms with Gasteiger partial charge in [-0.2, -0.15) is 8.78 Å².